The monoisotopic (exact) mass is 1550 g/mol. The van der Waals surface area contributed by atoms with Crippen LogP contribution < -0.4 is 0 Å². The number of phosphoric acid groups is 2. The molecule has 0 aliphatic rings. The van der Waals surface area contributed by atoms with Crippen molar-refractivity contribution in [2.75, 3.05) is 39.6 Å². The molecule has 0 amide bonds. The first-order valence-corrected chi connectivity index (χ1v) is 47.4. The van der Waals surface area contributed by atoms with Gasteiger partial charge in [0.15, 0.2) is 12.2 Å². The van der Waals surface area contributed by atoms with Gasteiger partial charge in [-0.25, -0.2) is 9.13 Å². The van der Waals surface area contributed by atoms with Crippen molar-refractivity contribution in [3.05, 3.63) is 24.3 Å². The summed E-state index contributed by atoms with van der Waals surface area (Å²) in [5.74, 6) is -1.31. The Bertz CT molecular complexity index is 2110. The highest BCUT2D eigenvalue weighted by Crippen LogP contribution is 2.45. The van der Waals surface area contributed by atoms with Gasteiger partial charge < -0.3 is 33.8 Å². The Morgan fingerprint density at radius 2 is 0.509 bits per heavy atom. The van der Waals surface area contributed by atoms with Gasteiger partial charge in [0.2, 0.25) is 0 Å². The maximum atomic E-state index is 13.2. The van der Waals surface area contributed by atoms with E-state index in [1.807, 2.05) is 0 Å². The second-order valence-electron chi connectivity index (χ2n) is 31.1. The third-order valence-electron chi connectivity index (χ3n) is 19.9. The van der Waals surface area contributed by atoms with Crippen LogP contribution in [0.4, 0.5) is 0 Å². The summed E-state index contributed by atoms with van der Waals surface area (Å²) < 4.78 is 68.8. The standard InChI is InChI=1S/C87H166O17P2/c1-6-9-12-15-18-21-24-26-28-29-30-31-35-39-42-46-51-56-61-66-71-85(90)98-77-83(104-87(92)73-68-63-58-53-48-44-40-36-33-32-34-38-41-45-49-54-59-64-69-80(4)5)79-102-106(95,96)100-75-81(88)74-99-105(93,94)101-78-82(76-97-84(89)70-65-60-55-50-23-20-17-14-11-8-3)103-86(91)72-67-62-57-52-47-43-37-27-25-22-19-16-13-10-7-2/h22,25,27,37,80-83,88H,6-21,23-24,26,28-36,38-79H2,1-5H3,(H,93,94)(H,95,96)/b25-22-,37-27-/t81-,82+,83+/m0/s1. The van der Waals surface area contributed by atoms with Crippen molar-refractivity contribution >= 4 is 39.5 Å². The van der Waals surface area contributed by atoms with E-state index in [-0.39, 0.29) is 25.7 Å². The highest BCUT2D eigenvalue weighted by atomic mass is 31.2. The first-order valence-electron chi connectivity index (χ1n) is 44.5. The van der Waals surface area contributed by atoms with Crippen LogP contribution in [-0.2, 0) is 65.4 Å². The Hall–Kier alpha value is -2.46. The summed E-state index contributed by atoms with van der Waals surface area (Å²) in [6.07, 6.45) is 75.9. The second kappa shape index (κ2) is 79.2. The number of carbonyl (C=O) groups excluding carboxylic acids is 4. The number of esters is 4. The molecule has 5 atom stereocenters. The molecule has 0 saturated heterocycles. The predicted molar refractivity (Wildman–Crippen MR) is 437 cm³/mol. The van der Waals surface area contributed by atoms with Gasteiger partial charge in [0.1, 0.15) is 19.3 Å². The van der Waals surface area contributed by atoms with Crippen LogP contribution in [0, 0.1) is 5.92 Å². The molecule has 0 spiro atoms. The molecule has 0 aliphatic heterocycles. The zero-order valence-corrected chi connectivity index (χ0v) is 70.9. The molecule has 0 aromatic carbocycles. The Morgan fingerprint density at radius 1 is 0.292 bits per heavy atom. The minimum atomic E-state index is -4.97. The van der Waals surface area contributed by atoms with Gasteiger partial charge in [0, 0.05) is 25.7 Å². The van der Waals surface area contributed by atoms with Crippen LogP contribution >= 0.6 is 15.6 Å². The van der Waals surface area contributed by atoms with Crippen LogP contribution in [0.15, 0.2) is 24.3 Å². The lowest BCUT2D eigenvalue weighted by molar-refractivity contribution is -0.161. The molecule has 0 radical (unpaired) electrons. The van der Waals surface area contributed by atoms with Gasteiger partial charge in [-0.15, -0.1) is 0 Å². The van der Waals surface area contributed by atoms with E-state index < -0.39 is 97.5 Å². The molecular formula is C87H166O17P2. The summed E-state index contributed by atoms with van der Waals surface area (Å²) in [6, 6.07) is 0. The summed E-state index contributed by atoms with van der Waals surface area (Å²) in [4.78, 5) is 73.2. The number of hydrogen-bond acceptors (Lipinski definition) is 15. The minimum Gasteiger partial charge on any atom is -0.462 e. The fourth-order valence-electron chi connectivity index (χ4n) is 13.1. The number of aliphatic hydroxyl groups excluding tert-OH is 1. The van der Waals surface area contributed by atoms with E-state index in [1.54, 1.807) is 0 Å². The van der Waals surface area contributed by atoms with Crippen LogP contribution in [0.1, 0.15) is 446 Å². The normalized spacial score (nSPS) is 13.9. The number of allylic oxidation sites excluding steroid dienone is 4. The summed E-state index contributed by atoms with van der Waals surface area (Å²) in [5, 5.41) is 10.7. The van der Waals surface area contributed by atoms with Crippen molar-refractivity contribution in [2.45, 2.75) is 464 Å². The summed E-state index contributed by atoms with van der Waals surface area (Å²) in [6.45, 7) is 7.32. The fourth-order valence-corrected chi connectivity index (χ4v) is 14.7. The second-order valence-corrected chi connectivity index (χ2v) is 34.0. The first kappa shape index (κ1) is 104. The highest BCUT2D eigenvalue weighted by Gasteiger charge is 2.30. The molecule has 17 nitrogen and oxygen atoms in total. The molecule has 0 fully saturated rings. The Morgan fingerprint density at radius 3 is 0.774 bits per heavy atom. The lowest BCUT2D eigenvalue weighted by Gasteiger charge is -2.21. The van der Waals surface area contributed by atoms with Gasteiger partial charge in [-0.3, -0.25) is 37.3 Å². The van der Waals surface area contributed by atoms with Gasteiger partial charge in [-0.2, -0.15) is 0 Å². The topological polar surface area (TPSA) is 237 Å². The fraction of sp³-hybridized carbons (Fsp3) is 0.908. The number of phosphoric ester groups is 2. The molecule has 0 rings (SSSR count). The SMILES string of the molecule is CCCCCC/C=C\C=C/CCCCCCCC(=O)O[C@H](COC(=O)CCCCCCCCCCCC)COP(=O)(O)OC[C@H](O)COP(=O)(O)OC[C@@H](COC(=O)CCCCCCCCCCCCCCCCCCCCCC)OC(=O)CCCCCCCCCCCCCCCCCCCCC(C)C. The van der Waals surface area contributed by atoms with E-state index in [2.05, 4.69) is 58.9 Å². The zero-order chi connectivity index (χ0) is 77.6. The van der Waals surface area contributed by atoms with Crippen LogP contribution in [0.25, 0.3) is 0 Å². The van der Waals surface area contributed by atoms with Crippen molar-refractivity contribution in [1.82, 2.24) is 0 Å². The zero-order valence-electron chi connectivity index (χ0n) is 69.1. The quantitative estimate of drug-likeness (QED) is 0.0169. The molecule has 0 heterocycles. The van der Waals surface area contributed by atoms with Crippen LogP contribution in [0.5, 0.6) is 0 Å². The van der Waals surface area contributed by atoms with E-state index >= 15 is 0 Å². The average Bonchev–Trinajstić information content (AvgIpc) is 0.902. The van der Waals surface area contributed by atoms with Gasteiger partial charge in [0.05, 0.1) is 26.4 Å². The predicted octanol–water partition coefficient (Wildman–Crippen LogP) is 26.3. The van der Waals surface area contributed by atoms with Gasteiger partial charge in [-0.05, 0) is 57.3 Å². The van der Waals surface area contributed by atoms with Crippen LogP contribution in [0.3, 0.4) is 0 Å². The van der Waals surface area contributed by atoms with Crippen molar-refractivity contribution in [1.29, 1.82) is 0 Å². The summed E-state index contributed by atoms with van der Waals surface area (Å²) >= 11 is 0. The smallest absolute Gasteiger partial charge is 0.462 e. The molecule has 2 unspecified atom stereocenters. The summed E-state index contributed by atoms with van der Waals surface area (Å²) in [7, 11) is -9.94. The van der Waals surface area contributed by atoms with E-state index in [9.17, 15) is 43.2 Å². The average molecular weight is 1550 g/mol. The lowest BCUT2D eigenvalue weighted by Crippen LogP contribution is -2.30. The number of unbranched alkanes of at least 4 members (excludes halogenated alkanes) is 54. The minimum absolute atomic E-state index is 0.0857. The van der Waals surface area contributed by atoms with E-state index in [0.29, 0.717) is 25.7 Å². The maximum absolute atomic E-state index is 13.2. The third-order valence-corrected chi connectivity index (χ3v) is 21.8. The molecule has 0 aromatic heterocycles. The molecule has 0 aromatic rings. The molecular weight excluding hydrogens is 1380 g/mol. The summed E-state index contributed by atoms with van der Waals surface area (Å²) in [5.41, 5.74) is 0. The molecule has 3 N–H and O–H groups in total. The van der Waals surface area contributed by atoms with E-state index in [0.717, 1.165) is 109 Å². The largest absolute Gasteiger partial charge is 0.472 e. The molecule has 0 bridgehead atoms. The van der Waals surface area contributed by atoms with Crippen LogP contribution in [-0.4, -0.2) is 96.7 Å². The van der Waals surface area contributed by atoms with Gasteiger partial charge in [0.25, 0.3) is 0 Å². The van der Waals surface area contributed by atoms with E-state index in [1.165, 1.54) is 257 Å². The number of carbonyl (C=O) groups is 4. The molecule has 106 heavy (non-hydrogen) atoms. The maximum Gasteiger partial charge on any atom is 0.472 e. The Balaban J connectivity index is 5.24. The highest BCUT2D eigenvalue weighted by molar-refractivity contribution is 7.47. The number of hydrogen-bond donors (Lipinski definition) is 3. The van der Waals surface area contributed by atoms with Gasteiger partial charge >= 0.3 is 39.5 Å². The van der Waals surface area contributed by atoms with Gasteiger partial charge in [-0.1, -0.05) is 393 Å². The van der Waals surface area contributed by atoms with E-state index in [4.69, 9.17) is 37.0 Å². The van der Waals surface area contributed by atoms with Crippen LogP contribution in [0.2, 0.25) is 0 Å². The number of aliphatic hydroxyl groups is 1. The Labute approximate surface area is 650 Å². The molecule has 626 valence electrons. The molecule has 19 heteroatoms. The molecule has 0 saturated carbocycles. The van der Waals surface area contributed by atoms with Crippen molar-refractivity contribution in [2.24, 2.45) is 5.92 Å². The lowest BCUT2D eigenvalue weighted by atomic mass is 10.0. The number of rotatable bonds is 85. The first-order chi connectivity index (χ1) is 51.5. The van der Waals surface area contributed by atoms with Crippen molar-refractivity contribution in [3.63, 3.8) is 0 Å². The van der Waals surface area contributed by atoms with Crippen molar-refractivity contribution < 1.29 is 80.2 Å². The Kier molecular flexibility index (Phi) is 77.4. The third kappa shape index (κ3) is 79.6. The van der Waals surface area contributed by atoms with Crippen molar-refractivity contribution in [3.8, 4) is 0 Å². The number of ether oxygens (including phenoxy) is 4. The molecule has 0 aliphatic carbocycles.